The van der Waals surface area contributed by atoms with Crippen LogP contribution in [0.25, 0.3) is 0 Å². The smallest absolute Gasteiger partial charge is 0.0622 e. The Hall–Kier alpha value is -0.120. The van der Waals surface area contributed by atoms with Crippen molar-refractivity contribution < 1.29 is 4.74 Å². The molecule has 2 unspecified atom stereocenters. The molecule has 94 valence electrons. The van der Waals surface area contributed by atoms with E-state index in [2.05, 4.69) is 11.9 Å². The van der Waals surface area contributed by atoms with Gasteiger partial charge in [0.05, 0.1) is 6.61 Å². The van der Waals surface area contributed by atoms with E-state index >= 15 is 0 Å². The number of nitrogens with two attached hydrogens (primary N) is 1. The van der Waals surface area contributed by atoms with Gasteiger partial charge < -0.3 is 10.5 Å². The minimum atomic E-state index is 0.576. The Morgan fingerprint density at radius 1 is 1.25 bits per heavy atom. The third kappa shape index (κ3) is 2.76. The molecule has 0 spiro atoms. The Labute approximate surface area is 99.3 Å². The Morgan fingerprint density at radius 3 is 2.56 bits per heavy atom. The van der Waals surface area contributed by atoms with Crippen molar-refractivity contribution in [2.24, 2.45) is 11.7 Å². The summed E-state index contributed by atoms with van der Waals surface area (Å²) in [6, 6.07) is 1.18. The van der Waals surface area contributed by atoms with Crippen LogP contribution in [-0.2, 0) is 4.74 Å². The van der Waals surface area contributed by atoms with E-state index in [0.29, 0.717) is 12.1 Å². The number of hydrogen-bond acceptors (Lipinski definition) is 3. The van der Waals surface area contributed by atoms with Gasteiger partial charge in [0.25, 0.3) is 0 Å². The summed E-state index contributed by atoms with van der Waals surface area (Å²) in [6.07, 6.45) is 8.15. The molecule has 0 amide bonds. The van der Waals surface area contributed by atoms with E-state index < -0.39 is 0 Å². The average molecular weight is 226 g/mol. The molecule has 0 bridgehead atoms. The van der Waals surface area contributed by atoms with Crippen LogP contribution >= 0.6 is 0 Å². The van der Waals surface area contributed by atoms with E-state index in [0.717, 1.165) is 25.7 Å². The van der Waals surface area contributed by atoms with Gasteiger partial charge in [-0.05, 0) is 32.2 Å². The van der Waals surface area contributed by atoms with E-state index in [1.165, 1.54) is 38.5 Å². The zero-order chi connectivity index (χ0) is 11.4. The van der Waals surface area contributed by atoms with Crippen LogP contribution in [0.5, 0.6) is 0 Å². The lowest BCUT2D eigenvalue weighted by molar-refractivity contribution is 0.0921. The SMILES string of the molecule is CN(C1CCOC1)C(CN)C1CCCCC1. The maximum absolute atomic E-state index is 5.99. The monoisotopic (exact) mass is 226 g/mol. The molecule has 0 aromatic carbocycles. The first-order chi connectivity index (χ1) is 7.83. The first-order valence-corrected chi connectivity index (χ1v) is 6.82. The van der Waals surface area contributed by atoms with E-state index in [-0.39, 0.29) is 0 Å². The third-order valence-corrected chi connectivity index (χ3v) is 4.44. The van der Waals surface area contributed by atoms with E-state index in [1.807, 2.05) is 0 Å². The van der Waals surface area contributed by atoms with Gasteiger partial charge in [0.1, 0.15) is 0 Å². The first kappa shape index (κ1) is 12.3. The lowest BCUT2D eigenvalue weighted by Crippen LogP contribution is -2.49. The number of rotatable bonds is 4. The van der Waals surface area contributed by atoms with E-state index in [1.54, 1.807) is 0 Å². The fraction of sp³-hybridized carbons (Fsp3) is 1.00. The number of ether oxygens (including phenoxy) is 1. The standard InChI is InChI=1S/C13H26N2O/c1-15(12-7-8-16-10-12)13(9-14)11-5-3-2-4-6-11/h11-13H,2-10,14H2,1H3. The molecule has 2 fully saturated rings. The molecule has 2 aliphatic rings. The summed E-state index contributed by atoms with van der Waals surface area (Å²) in [6.45, 7) is 2.63. The Balaban J connectivity index is 1.91. The molecule has 3 nitrogen and oxygen atoms in total. The molecular formula is C13H26N2O. The molecule has 3 heteroatoms. The summed E-state index contributed by atoms with van der Waals surface area (Å²) >= 11 is 0. The van der Waals surface area contributed by atoms with Crippen molar-refractivity contribution in [1.82, 2.24) is 4.90 Å². The van der Waals surface area contributed by atoms with Crippen molar-refractivity contribution in [3.8, 4) is 0 Å². The first-order valence-electron chi connectivity index (χ1n) is 6.82. The molecule has 2 atom stereocenters. The highest BCUT2D eigenvalue weighted by Gasteiger charge is 2.31. The highest BCUT2D eigenvalue weighted by atomic mass is 16.5. The Kier molecular flexibility index (Phi) is 4.62. The van der Waals surface area contributed by atoms with Crippen LogP contribution in [0.4, 0.5) is 0 Å². The normalized spacial score (nSPS) is 29.8. The predicted molar refractivity (Wildman–Crippen MR) is 66.4 cm³/mol. The molecule has 1 aliphatic carbocycles. The zero-order valence-electron chi connectivity index (χ0n) is 10.5. The molecular weight excluding hydrogens is 200 g/mol. The lowest BCUT2D eigenvalue weighted by Gasteiger charge is -2.38. The average Bonchev–Trinajstić information content (AvgIpc) is 2.85. The Morgan fingerprint density at radius 2 is 2.00 bits per heavy atom. The molecule has 0 aromatic heterocycles. The second-order valence-corrected chi connectivity index (χ2v) is 5.38. The summed E-state index contributed by atoms with van der Waals surface area (Å²) in [5.74, 6) is 0.823. The number of hydrogen-bond donors (Lipinski definition) is 1. The van der Waals surface area contributed by atoms with Crippen molar-refractivity contribution in [1.29, 1.82) is 0 Å². The van der Waals surface area contributed by atoms with Gasteiger partial charge in [-0.25, -0.2) is 0 Å². The minimum absolute atomic E-state index is 0.576. The summed E-state index contributed by atoms with van der Waals surface area (Å²) in [5, 5.41) is 0. The fourth-order valence-electron chi connectivity index (χ4n) is 3.32. The van der Waals surface area contributed by atoms with Gasteiger partial charge in [-0.2, -0.15) is 0 Å². The molecule has 16 heavy (non-hydrogen) atoms. The van der Waals surface area contributed by atoms with Crippen LogP contribution in [-0.4, -0.2) is 43.8 Å². The highest BCUT2D eigenvalue weighted by molar-refractivity contribution is 4.86. The maximum Gasteiger partial charge on any atom is 0.0622 e. The van der Waals surface area contributed by atoms with Gasteiger partial charge >= 0.3 is 0 Å². The van der Waals surface area contributed by atoms with Crippen LogP contribution < -0.4 is 5.73 Å². The minimum Gasteiger partial charge on any atom is -0.380 e. The largest absolute Gasteiger partial charge is 0.380 e. The quantitative estimate of drug-likeness (QED) is 0.791. The molecule has 1 heterocycles. The van der Waals surface area contributed by atoms with Gasteiger partial charge in [-0.15, -0.1) is 0 Å². The van der Waals surface area contributed by atoms with E-state index in [4.69, 9.17) is 10.5 Å². The van der Waals surface area contributed by atoms with Gasteiger partial charge in [0.15, 0.2) is 0 Å². The van der Waals surface area contributed by atoms with Crippen molar-refractivity contribution >= 4 is 0 Å². The zero-order valence-corrected chi connectivity index (χ0v) is 10.5. The maximum atomic E-state index is 5.99. The molecule has 1 aliphatic heterocycles. The molecule has 1 saturated heterocycles. The molecule has 2 N–H and O–H groups in total. The predicted octanol–water partition coefficient (Wildman–Crippen LogP) is 1.61. The number of likely N-dealkylation sites (N-methyl/N-ethyl adjacent to an activating group) is 1. The molecule has 0 aromatic rings. The van der Waals surface area contributed by atoms with Crippen molar-refractivity contribution in [3.63, 3.8) is 0 Å². The summed E-state index contributed by atoms with van der Waals surface area (Å²) in [5.41, 5.74) is 5.99. The third-order valence-electron chi connectivity index (χ3n) is 4.44. The van der Waals surface area contributed by atoms with Crippen LogP contribution in [0.1, 0.15) is 38.5 Å². The topological polar surface area (TPSA) is 38.5 Å². The fourth-order valence-corrected chi connectivity index (χ4v) is 3.32. The van der Waals surface area contributed by atoms with Crippen molar-refractivity contribution in [3.05, 3.63) is 0 Å². The van der Waals surface area contributed by atoms with Crippen LogP contribution in [0, 0.1) is 5.92 Å². The van der Waals surface area contributed by atoms with Gasteiger partial charge in [0, 0.05) is 25.2 Å². The summed E-state index contributed by atoms with van der Waals surface area (Å²) in [7, 11) is 2.24. The van der Waals surface area contributed by atoms with Gasteiger partial charge in [0.2, 0.25) is 0 Å². The summed E-state index contributed by atoms with van der Waals surface area (Å²) in [4.78, 5) is 2.50. The molecule has 2 rings (SSSR count). The van der Waals surface area contributed by atoms with Gasteiger partial charge in [-0.3, -0.25) is 4.90 Å². The van der Waals surface area contributed by atoms with Gasteiger partial charge in [-0.1, -0.05) is 19.3 Å². The molecule has 0 radical (unpaired) electrons. The van der Waals surface area contributed by atoms with Crippen LogP contribution in [0.2, 0.25) is 0 Å². The summed E-state index contributed by atoms with van der Waals surface area (Å²) < 4.78 is 5.48. The highest BCUT2D eigenvalue weighted by Crippen LogP contribution is 2.29. The van der Waals surface area contributed by atoms with Crippen molar-refractivity contribution in [2.45, 2.75) is 50.6 Å². The lowest BCUT2D eigenvalue weighted by atomic mass is 9.83. The molecule has 1 saturated carbocycles. The van der Waals surface area contributed by atoms with E-state index in [9.17, 15) is 0 Å². The second kappa shape index (κ2) is 5.99. The Bertz CT molecular complexity index is 198. The van der Waals surface area contributed by atoms with Crippen LogP contribution in [0.3, 0.4) is 0 Å². The van der Waals surface area contributed by atoms with Crippen LogP contribution in [0.15, 0.2) is 0 Å². The second-order valence-electron chi connectivity index (χ2n) is 5.38. The number of nitrogens with zero attached hydrogens (tertiary/aromatic N) is 1. The van der Waals surface area contributed by atoms with Crippen molar-refractivity contribution in [2.75, 3.05) is 26.8 Å².